The normalized spacial score (nSPS) is 16.0. The molecule has 1 amide bonds. The first-order chi connectivity index (χ1) is 14.8. The maximum atomic E-state index is 12.6. The highest BCUT2D eigenvalue weighted by atomic mass is 32.2. The van der Waals surface area contributed by atoms with Crippen molar-refractivity contribution in [1.29, 1.82) is 0 Å². The van der Waals surface area contributed by atoms with Crippen molar-refractivity contribution in [3.8, 4) is 11.5 Å². The summed E-state index contributed by atoms with van der Waals surface area (Å²) in [4.78, 5) is 17.8. The van der Waals surface area contributed by atoms with E-state index in [1.165, 1.54) is 17.6 Å². The van der Waals surface area contributed by atoms with Crippen molar-refractivity contribution >= 4 is 23.6 Å². The summed E-state index contributed by atoms with van der Waals surface area (Å²) < 4.78 is 17.0. The Labute approximate surface area is 182 Å². The van der Waals surface area contributed by atoms with Crippen LogP contribution in [0.5, 0.6) is 11.5 Å². The number of piperazine rings is 1. The van der Waals surface area contributed by atoms with Crippen molar-refractivity contribution in [1.82, 2.24) is 4.90 Å². The second-order valence-electron chi connectivity index (χ2n) is 7.39. The van der Waals surface area contributed by atoms with Crippen molar-refractivity contribution in [3.63, 3.8) is 0 Å². The van der Waals surface area contributed by atoms with Gasteiger partial charge in [0.25, 0.3) is 0 Å². The molecule has 2 heterocycles. The van der Waals surface area contributed by atoms with E-state index < -0.39 is 0 Å². The Morgan fingerprint density at radius 2 is 1.93 bits per heavy atom. The smallest absolute Gasteiger partial charge is 0.225 e. The van der Waals surface area contributed by atoms with Gasteiger partial charge in [0.15, 0.2) is 0 Å². The highest BCUT2D eigenvalue weighted by Gasteiger charge is 2.23. The van der Waals surface area contributed by atoms with E-state index in [2.05, 4.69) is 17.0 Å². The van der Waals surface area contributed by atoms with Crippen molar-refractivity contribution < 1.29 is 18.5 Å². The zero-order chi connectivity index (χ0) is 20.8. The number of carbonyl (C=O) groups is 1. The Bertz CT molecular complexity index is 868. The summed E-state index contributed by atoms with van der Waals surface area (Å²) in [7, 11) is 1.69. The van der Waals surface area contributed by atoms with E-state index in [9.17, 15) is 4.79 Å². The number of ether oxygens (including phenoxy) is 2. The summed E-state index contributed by atoms with van der Waals surface area (Å²) in [6, 6.07) is 14.2. The molecular formula is C23H28N2O4S. The van der Waals surface area contributed by atoms with Crippen LogP contribution in [0.15, 0.2) is 47.4 Å². The van der Waals surface area contributed by atoms with Gasteiger partial charge in [0.05, 0.1) is 37.3 Å². The fourth-order valence-corrected chi connectivity index (χ4v) is 4.60. The van der Waals surface area contributed by atoms with Crippen LogP contribution < -0.4 is 14.4 Å². The molecule has 0 atom stereocenters. The van der Waals surface area contributed by atoms with Crippen LogP contribution >= 0.6 is 12.0 Å². The summed E-state index contributed by atoms with van der Waals surface area (Å²) in [6.07, 6.45) is 2.49. The molecule has 7 heteroatoms. The highest BCUT2D eigenvalue weighted by molar-refractivity contribution is 7.94. The van der Waals surface area contributed by atoms with Crippen LogP contribution in [0.3, 0.4) is 0 Å². The fraction of sp³-hybridized carbons (Fsp3) is 0.435. The minimum Gasteiger partial charge on any atom is -0.495 e. The maximum Gasteiger partial charge on any atom is 0.225 e. The molecule has 0 aromatic heterocycles. The Morgan fingerprint density at radius 1 is 1.10 bits per heavy atom. The molecule has 6 nitrogen and oxygen atoms in total. The zero-order valence-corrected chi connectivity index (χ0v) is 18.2. The molecule has 0 spiro atoms. The van der Waals surface area contributed by atoms with Gasteiger partial charge in [0, 0.05) is 38.2 Å². The molecule has 2 aliphatic heterocycles. The molecular weight excluding hydrogens is 400 g/mol. The van der Waals surface area contributed by atoms with E-state index in [-0.39, 0.29) is 5.91 Å². The number of amides is 1. The molecule has 0 radical (unpaired) electrons. The second kappa shape index (κ2) is 10.1. The molecule has 1 fully saturated rings. The number of methoxy groups -OCH3 is 1. The second-order valence-corrected chi connectivity index (χ2v) is 8.23. The number of fused-ring (bicyclic) bond motifs is 1. The highest BCUT2D eigenvalue weighted by Crippen LogP contribution is 2.36. The molecule has 1 saturated heterocycles. The quantitative estimate of drug-likeness (QED) is 0.494. The molecule has 2 aromatic carbocycles. The number of anilines is 1. The Kier molecular flexibility index (Phi) is 7.02. The zero-order valence-electron chi connectivity index (χ0n) is 17.3. The van der Waals surface area contributed by atoms with Gasteiger partial charge in [0.1, 0.15) is 11.5 Å². The molecule has 30 heavy (non-hydrogen) atoms. The van der Waals surface area contributed by atoms with Gasteiger partial charge < -0.3 is 23.5 Å². The first-order valence-corrected chi connectivity index (χ1v) is 11.2. The average Bonchev–Trinajstić information content (AvgIpc) is 2.82. The Balaban J connectivity index is 1.21. The molecule has 160 valence electrons. The predicted octanol–water partition coefficient (Wildman–Crippen LogP) is 3.78. The number of hydrogen-bond donors (Lipinski definition) is 0. The van der Waals surface area contributed by atoms with Gasteiger partial charge in [-0.05, 0) is 36.6 Å². The van der Waals surface area contributed by atoms with E-state index in [4.69, 9.17) is 13.7 Å². The predicted molar refractivity (Wildman–Crippen MR) is 118 cm³/mol. The van der Waals surface area contributed by atoms with Crippen LogP contribution in [0.1, 0.15) is 18.4 Å². The van der Waals surface area contributed by atoms with Crippen LogP contribution in [0, 0.1) is 0 Å². The number of carbonyl (C=O) groups excluding carboxylic acids is 1. The molecule has 0 unspecified atom stereocenters. The van der Waals surface area contributed by atoms with Gasteiger partial charge >= 0.3 is 0 Å². The summed E-state index contributed by atoms with van der Waals surface area (Å²) in [6.45, 7) is 4.17. The van der Waals surface area contributed by atoms with E-state index in [0.29, 0.717) is 26.1 Å². The van der Waals surface area contributed by atoms with Crippen LogP contribution in [-0.4, -0.2) is 57.3 Å². The van der Waals surface area contributed by atoms with Gasteiger partial charge in [-0.2, -0.15) is 0 Å². The number of benzene rings is 2. The van der Waals surface area contributed by atoms with E-state index >= 15 is 0 Å². The third kappa shape index (κ3) is 4.84. The summed E-state index contributed by atoms with van der Waals surface area (Å²) in [5.74, 6) is 1.95. The Hall–Kier alpha value is -2.38. The molecule has 0 saturated carbocycles. The summed E-state index contributed by atoms with van der Waals surface area (Å²) in [5, 5.41) is 0. The molecule has 0 bridgehead atoms. The molecule has 2 aromatic rings. The first-order valence-electron chi connectivity index (χ1n) is 10.5. The topological polar surface area (TPSA) is 51.2 Å². The third-order valence-electron chi connectivity index (χ3n) is 5.50. The van der Waals surface area contributed by atoms with E-state index in [0.717, 1.165) is 54.6 Å². The lowest BCUT2D eigenvalue weighted by molar-refractivity contribution is -0.131. The standard InChI is InChI=1S/C23H28N2O4S/c1-27-20-9-3-2-8-19(20)24-12-14-25(15-13-24)22(26)11-17-29-30-21-10-4-6-18-7-5-16-28-23(18)21/h2-4,6,8-10H,5,7,11-17H2,1H3. The maximum absolute atomic E-state index is 12.6. The van der Waals surface area contributed by atoms with Gasteiger partial charge in [-0.25, -0.2) is 0 Å². The molecule has 0 aliphatic carbocycles. The largest absolute Gasteiger partial charge is 0.495 e. The van der Waals surface area contributed by atoms with Crippen LogP contribution in [0.25, 0.3) is 0 Å². The number of rotatable bonds is 7. The number of hydrogen-bond acceptors (Lipinski definition) is 6. The minimum absolute atomic E-state index is 0.140. The lowest BCUT2D eigenvalue weighted by Gasteiger charge is -2.36. The summed E-state index contributed by atoms with van der Waals surface area (Å²) >= 11 is 1.31. The van der Waals surface area contributed by atoms with Crippen molar-refractivity contribution in [3.05, 3.63) is 48.0 Å². The number of aryl methyl sites for hydroxylation is 1. The average molecular weight is 429 g/mol. The van der Waals surface area contributed by atoms with Crippen LogP contribution in [0.2, 0.25) is 0 Å². The van der Waals surface area contributed by atoms with Crippen molar-refractivity contribution in [2.45, 2.75) is 24.2 Å². The van der Waals surface area contributed by atoms with Crippen molar-refractivity contribution in [2.24, 2.45) is 0 Å². The van der Waals surface area contributed by atoms with Crippen LogP contribution in [-0.2, 0) is 15.4 Å². The first kappa shape index (κ1) is 20.9. The van der Waals surface area contributed by atoms with Gasteiger partial charge in [-0.15, -0.1) is 0 Å². The lowest BCUT2D eigenvalue weighted by Crippen LogP contribution is -2.49. The van der Waals surface area contributed by atoms with E-state index in [1.807, 2.05) is 35.2 Å². The minimum atomic E-state index is 0.140. The SMILES string of the molecule is COc1ccccc1N1CCN(C(=O)CCOSc2cccc3c2OCCC3)CC1. The summed E-state index contributed by atoms with van der Waals surface area (Å²) in [5.41, 5.74) is 2.32. The third-order valence-corrected chi connectivity index (χ3v) is 6.29. The van der Waals surface area contributed by atoms with Gasteiger partial charge in [-0.1, -0.05) is 24.3 Å². The molecule has 0 N–H and O–H groups in total. The monoisotopic (exact) mass is 428 g/mol. The van der Waals surface area contributed by atoms with Gasteiger partial charge in [0.2, 0.25) is 5.91 Å². The Morgan fingerprint density at radius 3 is 2.77 bits per heavy atom. The van der Waals surface area contributed by atoms with E-state index in [1.54, 1.807) is 7.11 Å². The molecule has 4 rings (SSSR count). The lowest BCUT2D eigenvalue weighted by atomic mass is 10.1. The number of nitrogens with zero attached hydrogens (tertiary/aromatic N) is 2. The number of para-hydroxylation sites is 3. The van der Waals surface area contributed by atoms with Crippen molar-refractivity contribution in [2.75, 3.05) is 51.4 Å². The molecule has 2 aliphatic rings. The fourth-order valence-electron chi connectivity index (χ4n) is 3.90. The van der Waals surface area contributed by atoms with Gasteiger partial charge in [-0.3, -0.25) is 4.79 Å². The van der Waals surface area contributed by atoms with Crippen LogP contribution in [0.4, 0.5) is 5.69 Å².